The standard InChI is InChI=1S/C12H11Cl2NO5/c13-7-2-1-3-8(14)6(7)4-10(16)15-9(12(19)20)5-11(17)18/h1-3,9H,4-5H2,(H,15,16)(H,17,18)(H,19,20). The van der Waals surface area contributed by atoms with E-state index in [1.807, 2.05) is 0 Å². The fraction of sp³-hybridized carbons (Fsp3) is 0.250. The second-order valence-electron chi connectivity index (χ2n) is 3.93. The van der Waals surface area contributed by atoms with Crippen LogP contribution in [0.15, 0.2) is 18.2 Å². The summed E-state index contributed by atoms with van der Waals surface area (Å²) in [6, 6.07) is 3.20. The Labute approximate surface area is 124 Å². The summed E-state index contributed by atoms with van der Waals surface area (Å²) in [7, 11) is 0. The van der Waals surface area contributed by atoms with E-state index in [1.54, 1.807) is 18.2 Å². The van der Waals surface area contributed by atoms with E-state index >= 15 is 0 Å². The van der Waals surface area contributed by atoms with Crippen molar-refractivity contribution in [3.05, 3.63) is 33.8 Å². The third-order valence-corrected chi connectivity index (χ3v) is 3.12. The second kappa shape index (κ2) is 7.12. The van der Waals surface area contributed by atoms with E-state index in [1.165, 1.54) is 0 Å². The molecule has 0 fully saturated rings. The van der Waals surface area contributed by atoms with Crippen molar-refractivity contribution in [1.29, 1.82) is 0 Å². The lowest BCUT2D eigenvalue weighted by molar-refractivity contribution is -0.147. The van der Waals surface area contributed by atoms with E-state index in [-0.39, 0.29) is 16.5 Å². The van der Waals surface area contributed by atoms with E-state index in [2.05, 4.69) is 5.32 Å². The van der Waals surface area contributed by atoms with Crippen LogP contribution in [0.5, 0.6) is 0 Å². The topological polar surface area (TPSA) is 104 Å². The molecule has 0 aliphatic heterocycles. The Bertz CT molecular complexity index is 526. The van der Waals surface area contributed by atoms with Crippen LogP contribution in [0.1, 0.15) is 12.0 Å². The van der Waals surface area contributed by atoms with Gasteiger partial charge in [0.05, 0.1) is 12.8 Å². The molecule has 0 aromatic heterocycles. The van der Waals surface area contributed by atoms with Crippen LogP contribution >= 0.6 is 23.2 Å². The van der Waals surface area contributed by atoms with Gasteiger partial charge in [-0.1, -0.05) is 29.3 Å². The summed E-state index contributed by atoms with van der Waals surface area (Å²) >= 11 is 11.8. The first-order valence-corrected chi connectivity index (χ1v) is 6.23. The van der Waals surface area contributed by atoms with E-state index < -0.39 is 30.3 Å². The largest absolute Gasteiger partial charge is 0.481 e. The molecule has 3 N–H and O–H groups in total. The Morgan fingerprint density at radius 3 is 2.15 bits per heavy atom. The third kappa shape index (κ3) is 4.71. The van der Waals surface area contributed by atoms with Crippen LogP contribution in [0.3, 0.4) is 0 Å². The maximum Gasteiger partial charge on any atom is 0.326 e. The highest BCUT2D eigenvalue weighted by Gasteiger charge is 2.23. The highest BCUT2D eigenvalue weighted by molar-refractivity contribution is 6.36. The number of halogens is 2. The summed E-state index contributed by atoms with van der Waals surface area (Å²) in [5.41, 5.74) is 0.354. The van der Waals surface area contributed by atoms with Crippen molar-refractivity contribution < 1.29 is 24.6 Å². The minimum atomic E-state index is -1.50. The Hall–Kier alpha value is -1.79. The molecule has 1 amide bonds. The molecular weight excluding hydrogens is 309 g/mol. The van der Waals surface area contributed by atoms with Crippen LogP contribution in [-0.4, -0.2) is 34.1 Å². The lowest BCUT2D eigenvalue weighted by Crippen LogP contribution is -2.42. The van der Waals surface area contributed by atoms with Gasteiger partial charge in [0.15, 0.2) is 0 Å². The minimum absolute atomic E-state index is 0.234. The van der Waals surface area contributed by atoms with Gasteiger partial charge < -0.3 is 15.5 Å². The molecule has 0 radical (unpaired) electrons. The zero-order valence-corrected chi connectivity index (χ0v) is 11.6. The van der Waals surface area contributed by atoms with E-state index in [0.29, 0.717) is 5.56 Å². The number of rotatable bonds is 6. The number of aliphatic carboxylic acids is 2. The molecule has 0 saturated heterocycles. The van der Waals surface area contributed by atoms with Gasteiger partial charge in [-0.3, -0.25) is 9.59 Å². The first kappa shape index (κ1) is 16.3. The van der Waals surface area contributed by atoms with E-state index in [0.717, 1.165) is 0 Å². The lowest BCUT2D eigenvalue weighted by Gasteiger charge is -2.13. The van der Waals surface area contributed by atoms with Crippen molar-refractivity contribution in [3.63, 3.8) is 0 Å². The SMILES string of the molecule is O=C(O)CC(NC(=O)Cc1c(Cl)cccc1Cl)C(=O)O. The Balaban J connectivity index is 2.76. The highest BCUT2D eigenvalue weighted by Crippen LogP contribution is 2.24. The second-order valence-corrected chi connectivity index (χ2v) is 4.75. The Kier molecular flexibility index (Phi) is 5.79. The number of carboxylic acid groups (broad SMARTS) is 2. The molecular formula is C12H11Cl2NO5. The van der Waals surface area contributed by atoms with Crippen molar-refractivity contribution in [2.45, 2.75) is 18.9 Å². The molecule has 0 aliphatic carbocycles. The zero-order chi connectivity index (χ0) is 15.3. The summed E-state index contributed by atoms with van der Waals surface area (Å²) in [6.45, 7) is 0. The van der Waals surface area contributed by atoms with Crippen LogP contribution in [0.4, 0.5) is 0 Å². The highest BCUT2D eigenvalue weighted by atomic mass is 35.5. The molecule has 1 atom stereocenters. The monoisotopic (exact) mass is 319 g/mol. The van der Waals surface area contributed by atoms with Crippen LogP contribution in [0, 0.1) is 0 Å². The molecule has 0 saturated carbocycles. The molecule has 6 nitrogen and oxygen atoms in total. The van der Waals surface area contributed by atoms with Gasteiger partial charge >= 0.3 is 11.9 Å². The van der Waals surface area contributed by atoms with Gasteiger partial charge in [-0.25, -0.2) is 4.79 Å². The van der Waals surface area contributed by atoms with Gasteiger partial charge in [0.2, 0.25) is 5.91 Å². The predicted octanol–water partition coefficient (Wildman–Crippen LogP) is 1.58. The number of carbonyl (C=O) groups excluding carboxylic acids is 1. The first-order chi connectivity index (χ1) is 9.31. The number of carbonyl (C=O) groups is 3. The molecule has 0 spiro atoms. The lowest BCUT2D eigenvalue weighted by atomic mass is 10.1. The fourth-order valence-corrected chi connectivity index (χ4v) is 2.01. The maximum atomic E-state index is 11.7. The van der Waals surface area contributed by atoms with E-state index in [4.69, 9.17) is 33.4 Å². The van der Waals surface area contributed by atoms with Crippen LogP contribution in [0.25, 0.3) is 0 Å². The number of hydrogen-bond donors (Lipinski definition) is 3. The smallest absolute Gasteiger partial charge is 0.326 e. The van der Waals surface area contributed by atoms with Gasteiger partial charge in [-0.05, 0) is 17.7 Å². The molecule has 0 bridgehead atoms. The van der Waals surface area contributed by atoms with Crippen molar-refractivity contribution in [3.8, 4) is 0 Å². The van der Waals surface area contributed by atoms with E-state index in [9.17, 15) is 14.4 Å². The molecule has 0 heterocycles. The molecule has 8 heteroatoms. The number of benzene rings is 1. The molecule has 20 heavy (non-hydrogen) atoms. The molecule has 1 rings (SSSR count). The Morgan fingerprint density at radius 1 is 1.15 bits per heavy atom. The first-order valence-electron chi connectivity index (χ1n) is 5.48. The van der Waals surface area contributed by atoms with Crippen LogP contribution in [0.2, 0.25) is 10.0 Å². The minimum Gasteiger partial charge on any atom is -0.481 e. The summed E-state index contributed by atoms with van der Waals surface area (Å²) in [5.74, 6) is -3.42. The third-order valence-electron chi connectivity index (χ3n) is 2.41. The summed E-state index contributed by atoms with van der Waals surface area (Å²) in [4.78, 5) is 33.1. The number of carboxylic acids is 2. The molecule has 0 aliphatic rings. The van der Waals surface area contributed by atoms with Crippen molar-refractivity contribution >= 4 is 41.0 Å². The average molecular weight is 320 g/mol. The van der Waals surface area contributed by atoms with Crippen molar-refractivity contribution in [2.24, 2.45) is 0 Å². The Morgan fingerprint density at radius 2 is 1.70 bits per heavy atom. The van der Waals surface area contributed by atoms with Crippen LogP contribution in [-0.2, 0) is 20.8 Å². The fourth-order valence-electron chi connectivity index (χ4n) is 1.48. The molecule has 108 valence electrons. The van der Waals surface area contributed by atoms with Gasteiger partial charge in [0.1, 0.15) is 6.04 Å². The van der Waals surface area contributed by atoms with Crippen molar-refractivity contribution in [2.75, 3.05) is 0 Å². The quantitative estimate of drug-likeness (QED) is 0.738. The summed E-state index contributed by atoms with van der Waals surface area (Å²) < 4.78 is 0. The number of nitrogens with one attached hydrogen (secondary N) is 1. The number of amides is 1. The number of hydrogen-bond acceptors (Lipinski definition) is 3. The molecule has 1 aromatic carbocycles. The summed E-state index contributed by atoms with van der Waals surface area (Å²) in [6.07, 6.45) is -0.945. The normalized spacial score (nSPS) is 11.7. The van der Waals surface area contributed by atoms with Gasteiger partial charge in [0.25, 0.3) is 0 Å². The average Bonchev–Trinajstić information content (AvgIpc) is 2.32. The zero-order valence-electron chi connectivity index (χ0n) is 10.1. The van der Waals surface area contributed by atoms with Crippen LogP contribution < -0.4 is 5.32 Å². The predicted molar refractivity (Wildman–Crippen MR) is 72.0 cm³/mol. The van der Waals surface area contributed by atoms with Gasteiger partial charge in [0, 0.05) is 10.0 Å². The summed E-state index contributed by atoms with van der Waals surface area (Å²) in [5, 5.41) is 20.0. The van der Waals surface area contributed by atoms with Gasteiger partial charge in [-0.15, -0.1) is 0 Å². The maximum absolute atomic E-state index is 11.7. The van der Waals surface area contributed by atoms with Crippen molar-refractivity contribution in [1.82, 2.24) is 5.32 Å². The molecule has 1 aromatic rings. The van der Waals surface area contributed by atoms with Gasteiger partial charge in [-0.2, -0.15) is 0 Å². The molecule has 1 unspecified atom stereocenters.